The Bertz CT molecular complexity index is 1330. The van der Waals surface area contributed by atoms with Gasteiger partial charge in [0, 0.05) is 18.1 Å². The maximum atomic E-state index is 15.1. The molecule has 44 heavy (non-hydrogen) atoms. The van der Waals surface area contributed by atoms with Gasteiger partial charge in [-0.3, -0.25) is 0 Å². The van der Waals surface area contributed by atoms with E-state index in [4.69, 9.17) is 14.2 Å². The average molecular weight is 650 g/mol. The second-order valence-electron chi connectivity index (χ2n) is 11.1. The number of halogens is 11. The van der Waals surface area contributed by atoms with Crippen LogP contribution in [0.2, 0.25) is 0 Å². The predicted octanol–water partition coefficient (Wildman–Crippen LogP) is 8.54. The molecule has 0 unspecified atom stereocenters. The molecule has 2 aliphatic heterocycles. The lowest BCUT2D eigenvalue weighted by Gasteiger charge is -2.38. The zero-order valence-corrected chi connectivity index (χ0v) is 22.8. The molecule has 0 aromatic heterocycles. The van der Waals surface area contributed by atoms with E-state index in [1.807, 2.05) is 6.92 Å². The minimum atomic E-state index is -5.99. The Kier molecular flexibility index (Phi) is 8.38. The third-order valence-electron chi connectivity index (χ3n) is 7.97. The molecule has 5 nitrogen and oxygen atoms in total. The Morgan fingerprint density at radius 1 is 0.795 bits per heavy atom. The molecule has 0 spiro atoms. The van der Waals surface area contributed by atoms with Crippen LogP contribution >= 0.6 is 0 Å². The summed E-state index contributed by atoms with van der Waals surface area (Å²) in [5, 5.41) is 0. The van der Waals surface area contributed by atoms with Crippen molar-refractivity contribution >= 4 is 0 Å². The molecule has 1 aliphatic carbocycles. The van der Waals surface area contributed by atoms with Gasteiger partial charge in [-0.05, 0) is 49.8 Å². The fourth-order valence-corrected chi connectivity index (χ4v) is 6.04. The summed E-state index contributed by atoms with van der Waals surface area (Å²) >= 11 is 0. The predicted molar refractivity (Wildman–Crippen MR) is 127 cm³/mol. The summed E-state index contributed by atoms with van der Waals surface area (Å²) in [5.41, 5.74) is -5.31. The van der Waals surface area contributed by atoms with Crippen molar-refractivity contribution in [1.29, 1.82) is 0 Å². The van der Waals surface area contributed by atoms with Crippen LogP contribution in [0.4, 0.5) is 48.3 Å². The lowest BCUT2D eigenvalue weighted by atomic mass is 9.80. The van der Waals surface area contributed by atoms with Crippen LogP contribution in [0.1, 0.15) is 51.0 Å². The summed E-state index contributed by atoms with van der Waals surface area (Å²) in [6, 6.07) is 0.474. The first kappa shape index (κ1) is 32.7. The maximum Gasteiger partial charge on any atom is 0.527 e. The monoisotopic (exact) mass is 650 g/mol. The van der Waals surface area contributed by atoms with E-state index in [9.17, 15) is 39.5 Å². The van der Waals surface area contributed by atoms with Gasteiger partial charge in [-0.2, -0.15) is 17.6 Å². The Morgan fingerprint density at radius 2 is 1.34 bits per heavy atom. The molecule has 2 saturated heterocycles. The summed E-state index contributed by atoms with van der Waals surface area (Å²) in [6.07, 6.45) is -13.6. The fourth-order valence-electron chi connectivity index (χ4n) is 6.04. The summed E-state index contributed by atoms with van der Waals surface area (Å²) in [7, 11) is 0. The second-order valence-corrected chi connectivity index (χ2v) is 11.1. The first-order chi connectivity index (χ1) is 20.4. The molecule has 0 radical (unpaired) electrons. The molecule has 2 aromatic carbocycles. The third-order valence-corrected chi connectivity index (χ3v) is 7.97. The first-order valence-electron chi connectivity index (χ1n) is 13.6. The normalized spacial score (nSPS) is 27.6. The molecule has 16 heteroatoms. The number of alkyl halides is 7. The van der Waals surface area contributed by atoms with Crippen molar-refractivity contribution in [2.75, 3.05) is 13.2 Å². The molecule has 0 N–H and O–H groups in total. The SMILES string of the molecule is CCCC12COC(C3CCC(C(F)(F)Oc4cc(F)c(-c5cc(F)c(C(F)(F)OC(F)(F)F)c(F)c5)c(F)c4)CC3)(OC1)O2. The Labute approximate surface area is 243 Å². The molecular weight excluding hydrogens is 625 g/mol. The highest BCUT2D eigenvalue weighted by Gasteiger charge is 2.62. The third kappa shape index (κ3) is 6.22. The van der Waals surface area contributed by atoms with Crippen molar-refractivity contribution in [2.24, 2.45) is 11.8 Å². The highest BCUT2D eigenvalue weighted by molar-refractivity contribution is 5.66. The summed E-state index contributed by atoms with van der Waals surface area (Å²) in [4.78, 5) is 0. The van der Waals surface area contributed by atoms with Gasteiger partial charge >= 0.3 is 18.6 Å². The zero-order valence-electron chi connectivity index (χ0n) is 22.8. The van der Waals surface area contributed by atoms with Crippen LogP contribution in [0.25, 0.3) is 11.1 Å². The number of rotatable bonds is 9. The molecule has 1 saturated carbocycles. The Hall–Kier alpha value is -2.69. The average Bonchev–Trinajstić information content (AvgIpc) is 3.44. The van der Waals surface area contributed by atoms with E-state index >= 15 is 8.78 Å². The van der Waals surface area contributed by atoms with Crippen LogP contribution in [0.3, 0.4) is 0 Å². The van der Waals surface area contributed by atoms with Crippen molar-refractivity contribution in [3.05, 3.63) is 53.1 Å². The van der Waals surface area contributed by atoms with Crippen LogP contribution in [-0.4, -0.2) is 37.3 Å². The van der Waals surface area contributed by atoms with Gasteiger partial charge in [0.05, 0.1) is 24.7 Å². The van der Waals surface area contributed by atoms with Gasteiger partial charge in [-0.25, -0.2) is 22.3 Å². The van der Waals surface area contributed by atoms with Crippen LogP contribution in [0, 0.1) is 35.1 Å². The molecule has 0 amide bonds. The van der Waals surface area contributed by atoms with Gasteiger partial charge in [-0.1, -0.05) is 13.3 Å². The molecule has 0 atom stereocenters. The molecule has 2 heterocycles. The van der Waals surface area contributed by atoms with Gasteiger partial charge in [-0.15, -0.1) is 13.2 Å². The Balaban J connectivity index is 1.28. The zero-order chi connectivity index (χ0) is 32.3. The largest absolute Gasteiger partial charge is 0.527 e. The van der Waals surface area contributed by atoms with Crippen LogP contribution < -0.4 is 4.74 Å². The highest BCUT2D eigenvalue weighted by atomic mass is 19.4. The number of benzene rings is 2. The minimum absolute atomic E-state index is 0.0568. The van der Waals surface area contributed by atoms with Gasteiger partial charge in [0.2, 0.25) is 0 Å². The number of hydrogen-bond acceptors (Lipinski definition) is 5. The second kappa shape index (κ2) is 11.3. The van der Waals surface area contributed by atoms with Crippen molar-refractivity contribution in [1.82, 2.24) is 0 Å². The lowest BCUT2D eigenvalue weighted by molar-refractivity contribution is -0.432. The van der Waals surface area contributed by atoms with Gasteiger partial charge in [0.15, 0.2) is 0 Å². The van der Waals surface area contributed by atoms with E-state index in [0.29, 0.717) is 31.8 Å². The van der Waals surface area contributed by atoms with E-state index in [1.165, 1.54) is 0 Å². The molecule has 3 fully saturated rings. The van der Waals surface area contributed by atoms with Crippen LogP contribution in [0.15, 0.2) is 24.3 Å². The fraction of sp³-hybridized carbons (Fsp3) is 0.571. The first-order valence-corrected chi connectivity index (χ1v) is 13.6. The molecule has 3 aliphatic rings. The topological polar surface area (TPSA) is 46.2 Å². The number of fused-ring (bicyclic) bond motifs is 2. The number of ether oxygens (including phenoxy) is 5. The Morgan fingerprint density at radius 3 is 1.84 bits per heavy atom. The lowest BCUT2D eigenvalue weighted by Crippen LogP contribution is -2.45. The summed E-state index contributed by atoms with van der Waals surface area (Å²) in [5.74, 6) is -12.0. The van der Waals surface area contributed by atoms with Crippen LogP contribution in [0.5, 0.6) is 5.75 Å². The molecule has 244 valence electrons. The minimum Gasteiger partial charge on any atom is -0.432 e. The molecule has 2 bridgehead atoms. The maximum absolute atomic E-state index is 15.1. The van der Waals surface area contributed by atoms with E-state index in [-0.39, 0.29) is 43.7 Å². The van der Waals surface area contributed by atoms with Crippen LogP contribution in [-0.2, 0) is 25.1 Å². The van der Waals surface area contributed by atoms with E-state index in [0.717, 1.165) is 6.42 Å². The van der Waals surface area contributed by atoms with Gasteiger partial charge in [0.25, 0.3) is 5.97 Å². The van der Waals surface area contributed by atoms with E-state index in [2.05, 4.69) is 9.47 Å². The van der Waals surface area contributed by atoms with Crippen molar-refractivity contribution in [3.63, 3.8) is 0 Å². The molecule has 5 rings (SSSR count). The smallest absolute Gasteiger partial charge is 0.432 e. The van der Waals surface area contributed by atoms with Crippen molar-refractivity contribution < 1.29 is 72.0 Å². The van der Waals surface area contributed by atoms with Gasteiger partial charge in [0.1, 0.15) is 40.2 Å². The standard InChI is InChI=1S/C28H25F11O5/c1-2-7-24-12-40-27(43-24,41-13-24)16-5-3-15(4-6-16)25(33,34)42-17-10-18(29)22(19(30)11-17)14-8-20(31)23(21(32)9-14)26(35,36)44-28(37,38)39/h8-11,15-16H,2-7,12-13H2,1H3. The summed E-state index contributed by atoms with van der Waals surface area (Å²) < 4.78 is 178. The van der Waals surface area contributed by atoms with Gasteiger partial charge < -0.3 is 18.9 Å². The highest BCUT2D eigenvalue weighted by Crippen LogP contribution is 2.52. The van der Waals surface area contributed by atoms with E-state index < -0.39 is 81.8 Å². The quantitative estimate of drug-likeness (QED) is 0.255. The molecular formula is C28H25F11O5. The summed E-state index contributed by atoms with van der Waals surface area (Å²) in [6.45, 7) is 2.64. The van der Waals surface area contributed by atoms with Crippen molar-refractivity contribution in [2.45, 2.75) is 75.6 Å². The molecule has 2 aromatic rings. The number of hydrogen-bond donors (Lipinski definition) is 0. The van der Waals surface area contributed by atoms with Crippen molar-refractivity contribution in [3.8, 4) is 16.9 Å². The van der Waals surface area contributed by atoms with E-state index in [1.54, 1.807) is 0 Å².